The summed E-state index contributed by atoms with van der Waals surface area (Å²) in [6.45, 7) is 2.93. The zero-order valence-corrected chi connectivity index (χ0v) is 21.6. The summed E-state index contributed by atoms with van der Waals surface area (Å²) < 4.78 is 21.8. The first kappa shape index (κ1) is 26.8. The van der Waals surface area contributed by atoms with E-state index in [0.717, 1.165) is 36.8 Å². The number of rotatable bonds is 9. The summed E-state index contributed by atoms with van der Waals surface area (Å²) in [6.07, 6.45) is 4.25. The zero-order chi connectivity index (χ0) is 26.2. The molecule has 2 aliphatic heterocycles. The maximum Gasteiger partial charge on any atom is 0.328 e. The van der Waals surface area contributed by atoms with E-state index in [1.807, 2.05) is 0 Å². The molecule has 4 heterocycles. The number of carbonyl (C=O) groups is 1. The Kier molecular flexibility index (Phi) is 9.24. The van der Waals surface area contributed by atoms with E-state index in [1.54, 1.807) is 32.3 Å². The van der Waals surface area contributed by atoms with Crippen molar-refractivity contribution in [3.8, 4) is 6.07 Å². The van der Waals surface area contributed by atoms with Gasteiger partial charge in [0.05, 0.1) is 17.9 Å². The van der Waals surface area contributed by atoms with E-state index in [0.29, 0.717) is 67.4 Å². The Balaban J connectivity index is 1.62. The summed E-state index contributed by atoms with van der Waals surface area (Å²) in [7, 11) is 4.78. The van der Waals surface area contributed by atoms with Crippen molar-refractivity contribution in [1.82, 2.24) is 9.97 Å². The molecule has 0 aromatic carbocycles. The second-order valence-electron chi connectivity index (χ2n) is 8.97. The fraction of sp³-hybridized carbons (Fsp3) is 0.538. The zero-order valence-electron chi connectivity index (χ0n) is 21.6. The highest BCUT2D eigenvalue weighted by Crippen LogP contribution is 2.37. The molecule has 0 spiro atoms. The summed E-state index contributed by atoms with van der Waals surface area (Å²) >= 11 is 0. The minimum absolute atomic E-state index is 0.297. The predicted octanol–water partition coefficient (Wildman–Crippen LogP) is 3.58. The monoisotopic (exact) mass is 510 g/mol. The number of hydrogen-bond acceptors (Lipinski definition) is 9. The highest BCUT2D eigenvalue weighted by atomic mass is 16.7. The number of hydrogen-bond donors (Lipinski definition) is 2. The fourth-order valence-corrected chi connectivity index (χ4v) is 4.79. The number of aryl methyl sites for hydroxylation is 1. The van der Waals surface area contributed by atoms with Gasteiger partial charge in [-0.25, -0.2) is 14.8 Å². The minimum Gasteiger partial charge on any atom is -0.383 e. The van der Waals surface area contributed by atoms with E-state index in [-0.39, 0.29) is 6.03 Å². The van der Waals surface area contributed by atoms with E-state index < -0.39 is 6.29 Å². The van der Waals surface area contributed by atoms with E-state index in [2.05, 4.69) is 27.8 Å². The molecule has 0 bridgehead atoms. The van der Waals surface area contributed by atoms with E-state index in [1.165, 1.54) is 6.20 Å². The van der Waals surface area contributed by atoms with Crippen LogP contribution in [0.3, 0.4) is 0 Å². The number of pyridine rings is 2. The van der Waals surface area contributed by atoms with Crippen LogP contribution in [0.5, 0.6) is 0 Å². The first-order valence-corrected chi connectivity index (χ1v) is 12.5. The summed E-state index contributed by atoms with van der Waals surface area (Å²) in [5.41, 5.74) is 3.77. The Morgan fingerprint density at radius 1 is 1.27 bits per heavy atom. The number of nitrogens with one attached hydrogen (secondary N) is 2. The lowest BCUT2D eigenvalue weighted by molar-refractivity contribution is -0.109. The number of amides is 2. The normalized spacial score (nSPS) is 15.8. The number of fused-ring (bicyclic) bond motifs is 1. The molecule has 11 heteroatoms. The topological polar surface area (TPSA) is 131 Å². The van der Waals surface area contributed by atoms with Crippen LogP contribution in [-0.2, 0) is 25.4 Å². The first-order chi connectivity index (χ1) is 18.1. The highest BCUT2D eigenvalue weighted by Gasteiger charge is 2.31. The van der Waals surface area contributed by atoms with Crippen molar-refractivity contribution in [2.75, 3.05) is 69.8 Å². The largest absolute Gasteiger partial charge is 0.383 e. The number of aromatic nitrogens is 2. The third-order valence-electron chi connectivity index (χ3n) is 6.66. The molecule has 11 nitrogen and oxygen atoms in total. The van der Waals surface area contributed by atoms with Crippen molar-refractivity contribution < 1.29 is 23.7 Å². The smallest absolute Gasteiger partial charge is 0.328 e. The molecule has 2 amide bonds. The Labute approximate surface area is 217 Å². The number of ether oxygens (including phenoxy) is 4. The van der Waals surface area contributed by atoms with Crippen LogP contribution in [0.4, 0.5) is 22.1 Å². The van der Waals surface area contributed by atoms with Gasteiger partial charge in [0.15, 0.2) is 0 Å². The molecule has 2 aliphatic rings. The van der Waals surface area contributed by atoms with Gasteiger partial charge in [0, 0.05) is 59.9 Å². The van der Waals surface area contributed by atoms with Gasteiger partial charge in [-0.2, -0.15) is 5.26 Å². The number of methoxy groups -OCH3 is 3. The molecule has 0 saturated carbocycles. The lowest BCUT2D eigenvalue weighted by Crippen LogP contribution is -2.40. The van der Waals surface area contributed by atoms with Gasteiger partial charge in [-0.15, -0.1) is 0 Å². The Bertz CT molecular complexity index is 1130. The van der Waals surface area contributed by atoms with Gasteiger partial charge >= 0.3 is 6.03 Å². The average Bonchev–Trinajstić information content (AvgIpc) is 2.93. The highest BCUT2D eigenvalue weighted by molar-refractivity contribution is 6.01. The molecule has 1 fully saturated rings. The first-order valence-electron chi connectivity index (χ1n) is 12.5. The molecule has 1 saturated heterocycles. The maximum absolute atomic E-state index is 13.4. The van der Waals surface area contributed by atoms with Crippen molar-refractivity contribution >= 4 is 23.4 Å². The van der Waals surface area contributed by atoms with Crippen LogP contribution in [0.1, 0.15) is 53.9 Å². The Morgan fingerprint density at radius 2 is 2.05 bits per heavy atom. The molecule has 0 aliphatic carbocycles. The van der Waals surface area contributed by atoms with Crippen LogP contribution >= 0.6 is 0 Å². The SMILES string of the molecule is COCCNc1cc(NC(=O)N2CCCc3cc(C4CCOCC4)c(C(OC)OC)nc32)ncc1C#N. The van der Waals surface area contributed by atoms with Crippen LogP contribution in [-0.4, -0.2) is 70.2 Å². The molecule has 37 heavy (non-hydrogen) atoms. The molecule has 2 aromatic rings. The second kappa shape index (κ2) is 12.8. The lowest BCUT2D eigenvalue weighted by Gasteiger charge is -2.32. The van der Waals surface area contributed by atoms with Gasteiger partial charge in [-0.1, -0.05) is 0 Å². The van der Waals surface area contributed by atoms with Crippen molar-refractivity contribution in [2.45, 2.75) is 37.9 Å². The number of anilines is 3. The Hall–Kier alpha value is -3.30. The maximum atomic E-state index is 13.4. The van der Waals surface area contributed by atoms with Gasteiger partial charge in [-0.05, 0) is 48.8 Å². The van der Waals surface area contributed by atoms with Crippen molar-refractivity contribution in [3.63, 3.8) is 0 Å². The molecule has 0 radical (unpaired) electrons. The Morgan fingerprint density at radius 3 is 2.76 bits per heavy atom. The minimum atomic E-state index is -0.643. The van der Waals surface area contributed by atoms with E-state index in [4.69, 9.17) is 23.9 Å². The number of nitriles is 1. The molecule has 0 unspecified atom stereocenters. The molecular weight excluding hydrogens is 476 g/mol. The molecule has 4 rings (SSSR count). The van der Waals surface area contributed by atoms with Crippen LogP contribution in [0.2, 0.25) is 0 Å². The molecule has 2 aromatic heterocycles. The summed E-state index contributed by atoms with van der Waals surface area (Å²) in [5.74, 6) is 1.23. The number of urea groups is 1. The lowest BCUT2D eigenvalue weighted by atomic mass is 9.88. The van der Waals surface area contributed by atoms with E-state index >= 15 is 0 Å². The quantitative estimate of drug-likeness (QED) is 0.384. The molecule has 198 valence electrons. The second-order valence-corrected chi connectivity index (χ2v) is 8.97. The summed E-state index contributed by atoms with van der Waals surface area (Å²) in [5, 5.41) is 15.4. The third kappa shape index (κ3) is 6.17. The number of carbonyl (C=O) groups excluding carboxylic acids is 1. The number of nitrogens with zero attached hydrogens (tertiary/aromatic N) is 4. The standard InChI is InChI=1S/C26H34N6O5/c1-34-12-8-28-21-14-22(29-16-19(21)15-27)30-26(33)32-9-4-5-18-13-20(17-6-10-37-11-7-17)23(31-24(18)32)25(35-2)36-3/h13-14,16-17,25H,4-12H2,1-3H3,(H2,28,29,30,33). The van der Waals surface area contributed by atoms with Crippen molar-refractivity contribution in [1.29, 1.82) is 5.26 Å². The van der Waals surface area contributed by atoms with Gasteiger partial charge in [-0.3, -0.25) is 10.2 Å². The van der Waals surface area contributed by atoms with Gasteiger partial charge in [0.1, 0.15) is 23.4 Å². The predicted molar refractivity (Wildman–Crippen MR) is 138 cm³/mol. The third-order valence-corrected chi connectivity index (χ3v) is 6.66. The summed E-state index contributed by atoms with van der Waals surface area (Å²) in [4.78, 5) is 24.3. The van der Waals surface area contributed by atoms with Gasteiger partial charge in [0.25, 0.3) is 0 Å². The van der Waals surface area contributed by atoms with Crippen molar-refractivity contribution in [2.24, 2.45) is 0 Å². The summed E-state index contributed by atoms with van der Waals surface area (Å²) in [6, 6.07) is 5.58. The van der Waals surface area contributed by atoms with Gasteiger partial charge in [0.2, 0.25) is 6.29 Å². The van der Waals surface area contributed by atoms with Crippen LogP contribution < -0.4 is 15.5 Å². The van der Waals surface area contributed by atoms with Crippen molar-refractivity contribution in [3.05, 3.63) is 40.7 Å². The average molecular weight is 511 g/mol. The molecule has 0 atom stereocenters. The van der Waals surface area contributed by atoms with Gasteiger partial charge < -0.3 is 24.3 Å². The van der Waals surface area contributed by atoms with Crippen LogP contribution in [0.25, 0.3) is 0 Å². The fourth-order valence-electron chi connectivity index (χ4n) is 4.79. The van der Waals surface area contributed by atoms with E-state index in [9.17, 15) is 10.1 Å². The van der Waals surface area contributed by atoms with Crippen LogP contribution in [0, 0.1) is 11.3 Å². The molecular formula is C26H34N6O5. The van der Waals surface area contributed by atoms with Crippen LogP contribution in [0.15, 0.2) is 18.3 Å². The molecule has 2 N–H and O–H groups in total.